The van der Waals surface area contributed by atoms with Crippen LogP contribution in [0.3, 0.4) is 0 Å². The van der Waals surface area contributed by atoms with Crippen LogP contribution >= 0.6 is 11.3 Å². The van der Waals surface area contributed by atoms with E-state index in [-0.39, 0.29) is 6.04 Å². The Hall–Kier alpha value is -1.62. The summed E-state index contributed by atoms with van der Waals surface area (Å²) in [5.41, 5.74) is 5.25. The standard InChI is InChI=1S/C14H14N2OS/c15-16-13(10-5-6-17-8-10)7-11-9-18-14-4-2-1-3-12(11)14/h1-6,8-9,13,16H,7,15H2. The lowest BCUT2D eigenvalue weighted by molar-refractivity contribution is 0.526. The van der Waals surface area contributed by atoms with E-state index in [1.165, 1.54) is 15.6 Å². The largest absolute Gasteiger partial charge is 0.472 e. The van der Waals surface area contributed by atoms with Crippen LogP contribution in [-0.4, -0.2) is 0 Å². The van der Waals surface area contributed by atoms with E-state index in [2.05, 4.69) is 35.1 Å². The van der Waals surface area contributed by atoms with Crippen molar-refractivity contribution in [3.63, 3.8) is 0 Å². The molecular formula is C14H14N2OS. The first-order chi connectivity index (χ1) is 8.88. The molecule has 3 nitrogen and oxygen atoms in total. The maximum absolute atomic E-state index is 5.64. The molecule has 0 spiro atoms. The van der Waals surface area contributed by atoms with Crippen molar-refractivity contribution in [3.8, 4) is 0 Å². The molecule has 92 valence electrons. The van der Waals surface area contributed by atoms with Crippen LogP contribution < -0.4 is 11.3 Å². The van der Waals surface area contributed by atoms with Crippen molar-refractivity contribution in [3.05, 3.63) is 59.4 Å². The molecule has 1 atom stereocenters. The van der Waals surface area contributed by atoms with Crippen LogP contribution in [0.25, 0.3) is 10.1 Å². The van der Waals surface area contributed by atoms with E-state index in [1.807, 2.05) is 6.07 Å². The third kappa shape index (κ3) is 2.06. The minimum Gasteiger partial charge on any atom is -0.472 e. The Morgan fingerprint density at radius 1 is 1.28 bits per heavy atom. The lowest BCUT2D eigenvalue weighted by Crippen LogP contribution is -2.29. The van der Waals surface area contributed by atoms with Gasteiger partial charge in [0, 0.05) is 10.3 Å². The predicted molar refractivity (Wildman–Crippen MR) is 74.3 cm³/mol. The second kappa shape index (κ2) is 4.94. The molecule has 3 rings (SSSR count). The summed E-state index contributed by atoms with van der Waals surface area (Å²) in [6.07, 6.45) is 4.27. The Morgan fingerprint density at radius 3 is 2.94 bits per heavy atom. The van der Waals surface area contributed by atoms with Crippen molar-refractivity contribution >= 4 is 21.4 Å². The van der Waals surface area contributed by atoms with Gasteiger partial charge in [-0.1, -0.05) is 18.2 Å². The number of nitrogens with two attached hydrogens (primary N) is 1. The van der Waals surface area contributed by atoms with Gasteiger partial charge < -0.3 is 4.42 Å². The zero-order valence-electron chi connectivity index (χ0n) is 9.80. The summed E-state index contributed by atoms with van der Waals surface area (Å²) in [6.45, 7) is 0. The zero-order chi connectivity index (χ0) is 12.4. The summed E-state index contributed by atoms with van der Waals surface area (Å²) in [4.78, 5) is 0. The van der Waals surface area contributed by atoms with Gasteiger partial charge in [0.25, 0.3) is 0 Å². The highest BCUT2D eigenvalue weighted by atomic mass is 32.1. The van der Waals surface area contributed by atoms with E-state index in [1.54, 1.807) is 23.9 Å². The first kappa shape index (κ1) is 11.5. The van der Waals surface area contributed by atoms with Gasteiger partial charge in [0.05, 0.1) is 18.6 Å². The number of rotatable bonds is 4. The lowest BCUT2D eigenvalue weighted by atomic mass is 10.0. The fourth-order valence-electron chi connectivity index (χ4n) is 2.16. The topological polar surface area (TPSA) is 51.2 Å². The summed E-state index contributed by atoms with van der Waals surface area (Å²) in [7, 11) is 0. The van der Waals surface area contributed by atoms with Crippen LogP contribution in [0, 0.1) is 0 Å². The molecule has 2 heterocycles. The van der Waals surface area contributed by atoms with Crippen molar-refractivity contribution in [2.24, 2.45) is 5.84 Å². The van der Waals surface area contributed by atoms with Gasteiger partial charge in [-0.25, -0.2) is 0 Å². The Kier molecular flexibility index (Phi) is 3.15. The molecule has 0 radical (unpaired) electrons. The molecule has 1 aromatic carbocycles. The number of nitrogens with one attached hydrogen (secondary N) is 1. The fourth-order valence-corrected chi connectivity index (χ4v) is 3.13. The van der Waals surface area contributed by atoms with Crippen molar-refractivity contribution in [1.29, 1.82) is 0 Å². The average Bonchev–Trinajstić information content (AvgIpc) is 3.06. The molecule has 0 saturated heterocycles. The summed E-state index contributed by atoms with van der Waals surface area (Å²) >= 11 is 1.77. The van der Waals surface area contributed by atoms with Crippen LogP contribution in [0.1, 0.15) is 17.2 Å². The number of thiophene rings is 1. The predicted octanol–water partition coefficient (Wildman–Crippen LogP) is 3.24. The van der Waals surface area contributed by atoms with E-state index in [0.29, 0.717) is 0 Å². The summed E-state index contributed by atoms with van der Waals surface area (Å²) in [5.74, 6) is 5.64. The highest BCUT2D eigenvalue weighted by molar-refractivity contribution is 7.17. The van der Waals surface area contributed by atoms with E-state index in [4.69, 9.17) is 10.3 Å². The van der Waals surface area contributed by atoms with Gasteiger partial charge in [0.15, 0.2) is 0 Å². The molecule has 3 N–H and O–H groups in total. The SMILES string of the molecule is NNC(Cc1csc2ccccc12)c1ccoc1. The van der Waals surface area contributed by atoms with Gasteiger partial charge in [0.2, 0.25) is 0 Å². The highest BCUT2D eigenvalue weighted by Gasteiger charge is 2.14. The first-order valence-corrected chi connectivity index (χ1v) is 6.70. The van der Waals surface area contributed by atoms with Crippen LogP contribution in [0.2, 0.25) is 0 Å². The smallest absolute Gasteiger partial charge is 0.0950 e. The number of benzene rings is 1. The number of hydrogen-bond acceptors (Lipinski definition) is 4. The molecule has 0 bridgehead atoms. The molecule has 0 aliphatic rings. The highest BCUT2D eigenvalue weighted by Crippen LogP contribution is 2.29. The van der Waals surface area contributed by atoms with Crippen LogP contribution in [-0.2, 0) is 6.42 Å². The Morgan fingerprint density at radius 2 is 2.17 bits per heavy atom. The molecule has 1 unspecified atom stereocenters. The maximum atomic E-state index is 5.64. The van der Waals surface area contributed by atoms with Crippen LogP contribution in [0.15, 0.2) is 52.7 Å². The van der Waals surface area contributed by atoms with Gasteiger partial charge in [0.1, 0.15) is 0 Å². The van der Waals surface area contributed by atoms with Gasteiger partial charge in [-0.15, -0.1) is 11.3 Å². The third-order valence-corrected chi connectivity index (χ3v) is 4.14. The minimum atomic E-state index is 0.0850. The maximum Gasteiger partial charge on any atom is 0.0950 e. The molecule has 2 aromatic heterocycles. The Balaban J connectivity index is 1.91. The molecule has 3 aromatic rings. The number of fused-ring (bicyclic) bond motifs is 1. The van der Waals surface area contributed by atoms with Crippen molar-refractivity contribution in [2.75, 3.05) is 0 Å². The molecule has 4 heteroatoms. The van der Waals surface area contributed by atoms with Gasteiger partial charge in [-0.05, 0) is 34.9 Å². The van der Waals surface area contributed by atoms with Crippen molar-refractivity contribution in [2.45, 2.75) is 12.5 Å². The molecule has 0 saturated carbocycles. The lowest BCUT2D eigenvalue weighted by Gasteiger charge is -2.13. The number of hydrazine groups is 1. The fraction of sp³-hybridized carbons (Fsp3) is 0.143. The van der Waals surface area contributed by atoms with Gasteiger partial charge in [-0.2, -0.15) is 0 Å². The Labute approximate surface area is 109 Å². The van der Waals surface area contributed by atoms with Crippen molar-refractivity contribution < 1.29 is 4.42 Å². The Bertz CT molecular complexity index is 630. The number of furan rings is 1. The quantitative estimate of drug-likeness (QED) is 0.558. The third-order valence-electron chi connectivity index (χ3n) is 3.13. The van der Waals surface area contributed by atoms with Crippen molar-refractivity contribution in [1.82, 2.24) is 5.43 Å². The molecule has 0 fully saturated rings. The van der Waals surface area contributed by atoms with Gasteiger partial charge in [-0.3, -0.25) is 11.3 Å². The zero-order valence-corrected chi connectivity index (χ0v) is 10.6. The summed E-state index contributed by atoms with van der Waals surface area (Å²) in [5, 5.41) is 3.51. The summed E-state index contributed by atoms with van der Waals surface area (Å²) < 4.78 is 6.43. The molecule has 0 aliphatic carbocycles. The van der Waals surface area contributed by atoms with E-state index in [9.17, 15) is 0 Å². The molecular weight excluding hydrogens is 244 g/mol. The molecule has 18 heavy (non-hydrogen) atoms. The van der Waals surface area contributed by atoms with E-state index < -0.39 is 0 Å². The normalized spacial score (nSPS) is 12.9. The van der Waals surface area contributed by atoms with E-state index in [0.717, 1.165) is 12.0 Å². The van der Waals surface area contributed by atoms with Gasteiger partial charge >= 0.3 is 0 Å². The summed E-state index contributed by atoms with van der Waals surface area (Å²) in [6, 6.07) is 10.5. The molecule has 0 aliphatic heterocycles. The average molecular weight is 258 g/mol. The molecule has 0 amide bonds. The second-order valence-electron chi connectivity index (χ2n) is 4.24. The number of hydrogen-bond donors (Lipinski definition) is 2. The monoisotopic (exact) mass is 258 g/mol. The first-order valence-electron chi connectivity index (χ1n) is 5.82. The minimum absolute atomic E-state index is 0.0850. The van der Waals surface area contributed by atoms with Crippen LogP contribution in [0.4, 0.5) is 0 Å². The second-order valence-corrected chi connectivity index (χ2v) is 5.15. The van der Waals surface area contributed by atoms with Crippen LogP contribution in [0.5, 0.6) is 0 Å². The van der Waals surface area contributed by atoms with E-state index >= 15 is 0 Å².